The third-order valence-electron chi connectivity index (χ3n) is 5.01. The molecule has 0 bridgehead atoms. The molecule has 0 aromatic carbocycles. The Hall–Kier alpha value is -2.24. The molecule has 24 heavy (non-hydrogen) atoms. The van der Waals surface area contributed by atoms with Crippen LogP contribution in [0.5, 0.6) is 0 Å². The van der Waals surface area contributed by atoms with E-state index in [4.69, 9.17) is 4.52 Å². The van der Waals surface area contributed by atoms with Gasteiger partial charge in [0.1, 0.15) is 0 Å². The van der Waals surface area contributed by atoms with Gasteiger partial charge in [-0.15, -0.1) is 0 Å². The van der Waals surface area contributed by atoms with Crippen LogP contribution < -0.4 is 0 Å². The molecule has 1 aliphatic carbocycles. The number of hydrogen-bond acceptors (Lipinski definition) is 5. The van der Waals surface area contributed by atoms with Gasteiger partial charge in [-0.25, -0.2) is 0 Å². The average Bonchev–Trinajstić information content (AvgIpc) is 3.30. The Kier molecular flexibility index (Phi) is 3.62. The maximum Gasteiger partial charge on any atom is 0.255 e. The Morgan fingerprint density at radius 1 is 1.38 bits per heavy atom. The van der Waals surface area contributed by atoms with Crippen LogP contribution in [0.3, 0.4) is 0 Å². The van der Waals surface area contributed by atoms with E-state index in [9.17, 15) is 4.79 Å². The van der Waals surface area contributed by atoms with Crippen molar-refractivity contribution in [2.75, 3.05) is 13.1 Å². The highest BCUT2D eigenvalue weighted by molar-refractivity contribution is 5.94. The van der Waals surface area contributed by atoms with Crippen LogP contribution in [0.2, 0.25) is 0 Å². The third kappa shape index (κ3) is 2.81. The minimum atomic E-state index is -0.248. The number of aromatic nitrogens is 3. The van der Waals surface area contributed by atoms with Crippen molar-refractivity contribution in [1.82, 2.24) is 20.0 Å². The summed E-state index contributed by atoms with van der Waals surface area (Å²) < 4.78 is 5.43. The van der Waals surface area contributed by atoms with Gasteiger partial charge in [-0.05, 0) is 44.2 Å². The molecule has 6 nitrogen and oxygen atoms in total. The number of aryl methyl sites for hydroxylation is 1. The first-order valence-electron chi connectivity index (χ1n) is 8.60. The molecule has 0 N–H and O–H groups in total. The molecule has 1 amide bonds. The predicted molar refractivity (Wildman–Crippen MR) is 87.7 cm³/mol. The monoisotopic (exact) mass is 326 g/mol. The molecule has 1 saturated carbocycles. The van der Waals surface area contributed by atoms with Crippen molar-refractivity contribution in [2.45, 2.75) is 50.9 Å². The molecule has 1 atom stereocenters. The molecule has 1 saturated heterocycles. The van der Waals surface area contributed by atoms with Crippen LogP contribution in [0.25, 0.3) is 0 Å². The Bertz CT molecular complexity index is 768. The van der Waals surface area contributed by atoms with Crippen molar-refractivity contribution in [3.8, 4) is 0 Å². The van der Waals surface area contributed by atoms with Gasteiger partial charge in [0.25, 0.3) is 5.91 Å². The molecule has 0 radical (unpaired) electrons. The Morgan fingerprint density at radius 3 is 2.96 bits per heavy atom. The molecule has 6 heteroatoms. The van der Waals surface area contributed by atoms with Crippen molar-refractivity contribution < 1.29 is 9.32 Å². The Balaban J connectivity index is 1.54. The van der Waals surface area contributed by atoms with Gasteiger partial charge in [0, 0.05) is 36.8 Å². The number of carbonyl (C=O) groups is 1. The van der Waals surface area contributed by atoms with Crippen LogP contribution in [-0.2, 0) is 5.41 Å². The number of piperidine rings is 1. The second kappa shape index (κ2) is 5.69. The van der Waals surface area contributed by atoms with E-state index in [0.717, 1.165) is 49.5 Å². The standard InChI is InChI=1S/C18H22N4O2/c1-12-8-14(10-19-9-12)16(23)22-7-3-6-18(2,11-22)17-20-15(24-21-17)13-4-5-13/h8-10,13H,3-7,11H2,1-2H3. The quantitative estimate of drug-likeness (QED) is 0.867. The number of hydrogen-bond donors (Lipinski definition) is 0. The number of amides is 1. The molecule has 0 spiro atoms. The lowest BCUT2D eigenvalue weighted by Gasteiger charge is -2.38. The van der Waals surface area contributed by atoms with Crippen LogP contribution in [-0.4, -0.2) is 39.0 Å². The zero-order chi connectivity index (χ0) is 16.7. The summed E-state index contributed by atoms with van der Waals surface area (Å²) in [5.41, 5.74) is 1.39. The summed E-state index contributed by atoms with van der Waals surface area (Å²) in [6, 6.07) is 1.89. The van der Waals surface area contributed by atoms with E-state index < -0.39 is 0 Å². The summed E-state index contributed by atoms with van der Waals surface area (Å²) in [5, 5.41) is 4.22. The maximum atomic E-state index is 12.8. The van der Waals surface area contributed by atoms with Gasteiger partial charge in [-0.1, -0.05) is 12.1 Å². The molecule has 2 aromatic heterocycles. The smallest absolute Gasteiger partial charge is 0.255 e. The van der Waals surface area contributed by atoms with Gasteiger partial charge in [0.2, 0.25) is 5.89 Å². The molecule has 1 aliphatic heterocycles. The Labute approximate surface area is 141 Å². The lowest BCUT2D eigenvalue weighted by atomic mass is 9.81. The van der Waals surface area contributed by atoms with Gasteiger partial charge in [-0.2, -0.15) is 4.98 Å². The first-order valence-corrected chi connectivity index (χ1v) is 8.60. The molecule has 3 heterocycles. The summed E-state index contributed by atoms with van der Waals surface area (Å²) in [6.07, 6.45) is 7.59. The molecular formula is C18H22N4O2. The number of rotatable bonds is 3. The summed E-state index contributed by atoms with van der Waals surface area (Å²) in [6.45, 7) is 5.45. The minimum Gasteiger partial charge on any atom is -0.339 e. The number of likely N-dealkylation sites (tertiary alicyclic amines) is 1. The summed E-state index contributed by atoms with van der Waals surface area (Å²) >= 11 is 0. The fourth-order valence-corrected chi connectivity index (χ4v) is 3.43. The highest BCUT2D eigenvalue weighted by atomic mass is 16.5. The van der Waals surface area contributed by atoms with Crippen LogP contribution >= 0.6 is 0 Å². The van der Waals surface area contributed by atoms with Crippen molar-refractivity contribution in [1.29, 1.82) is 0 Å². The second-order valence-electron chi connectivity index (χ2n) is 7.37. The molecule has 2 aromatic rings. The van der Waals surface area contributed by atoms with Gasteiger partial charge in [-0.3, -0.25) is 9.78 Å². The molecular weight excluding hydrogens is 304 g/mol. The van der Waals surface area contributed by atoms with E-state index in [1.165, 1.54) is 0 Å². The highest BCUT2D eigenvalue weighted by Gasteiger charge is 2.40. The maximum absolute atomic E-state index is 12.8. The first-order chi connectivity index (χ1) is 11.5. The number of carbonyl (C=O) groups excluding carboxylic acids is 1. The lowest BCUT2D eigenvalue weighted by Crippen LogP contribution is -2.47. The largest absolute Gasteiger partial charge is 0.339 e. The van der Waals surface area contributed by atoms with Crippen LogP contribution in [0.15, 0.2) is 23.0 Å². The summed E-state index contributed by atoms with van der Waals surface area (Å²) in [4.78, 5) is 23.5. The van der Waals surface area contributed by atoms with Crippen LogP contribution in [0.4, 0.5) is 0 Å². The number of pyridine rings is 1. The van der Waals surface area contributed by atoms with Gasteiger partial charge >= 0.3 is 0 Å². The van der Waals surface area contributed by atoms with Crippen molar-refractivity contribution >= 4 is 5.91 Å². The van der Waals surface area contributed by atoms with E-state index in [1.807, 2.05) is 17.9 Å². The van der Waals surface area contributed by atoms with Crippen molar-refractivity contribution in [3.63, 3.8) is 0 Å². The van der Waals surface area contributed by atoms with E-state index in [2.05, 4.69) is 22.0 Å². The molecule has 2 aliphatic rings. The van der Waals surface area contributed by atoms with Gasteiger partial charge in [0.05, 0.1) is 5.56 Å². The molecule has 126 valence electrons. The molecule has 2 fully saturated rings. The molecule has 4 rings (SSSR count). The fraction of sp³-hybridized carbons (Fsp3) is 0.556. The summed E-state index contributed by atoms with van der Waals surface area (Å²) in [5.74, 6) is 1.99. The predicted octanol–water partition coefficient (Wildman–Crippen LogP) is 2.84. The Morgan fingerprint density at radius 2 is 2.21 bits per heavy atom. The van der Waals surface area contributed by atoms with E-state index >= 15 is 0 Å². The minimum absolute atomic E-state index is 0.0306. The highest BCUT2D eigenvalue weighted by Crippen LogP contribution is 2.40. The topological polar surface area (TPSA) is 72.1 Å². The summed E-state index contributed by atoms with van der Waals surface area (Å²) in [7, 11) is 0. The number of nitrogens with zero attached hydrogens (tertiary/aromatic N) is 4. The van der Waals surface area contributed by atoms with Crippen molar-refractivity contribution in [3.05, 3.63) is 41.3 Å². The van der Waals surface area contributed by atoms with E-state index in [-0.39, 0.29) is 11.3 Å². The van der Waals surface area contributed by atoms with Gasteiger partial charge in [0.15, 0.2) is 5.82 Å². The zero-order valence-corrected chi connectivity index (χ0v) is 14.2. The van der Waals surface area contributed by atoms with E-state index in [0.29, 0.717) is 18.0 Å². The van der Waals surface area contributed by atoms with Gasteiger partial charge < -0.3 is 9.42 Å². The SMILES string of the molecule is Cc1cncc(C(=O)N2CCCC(C)(c3noc(C4CC4)n3)C2)c1. The van der Waals surface area contributed by atoms with Crippen molar-refractivity contribution in [2.24, 2.45) is 0 Å². The third-order valence-corrected chi connectivity index (χ3v) is 5.01. The van der Waals surface area contributed by atoms with Crippen LogP contribution in [0.1, 0.15) is 66.2 Å². The average molecular weight is 326 g/mol. The zero-order valence-electron chi connectivity index (χ0n) is 14.2. The van der Waals surface area contributed by atoms with E-state index in [1.54, 1.807) is 12.4 Å². The second-order valence-corrected chi connectivity index (χ2v) is 7.37. The molecule has 1 unspecified atom stereocenters. The normalized spacial score (nSPS) is 24.2. The first kappa shape index (κ1) is 15.3. The lowest BCUT2D eigenvalue weighted by molar-refractivity contribution is 0.0641. The fourth-order valence-electron chi connectivity index (χ4n) is 3.43. The van der Waals surface area contributed by atoms with Crippen LogP contribution in [0, 0.1) is 6.92 Å².